The van der Waals surface area contributed by atoms with Gasteiger partial charge in [-0.25, -0.2) is 0 Å². The van der Waals surface area contributed by atoms with E-state index in [9.17, 15) is 4.79 Å². The van der Waals surface area contributed by atoms with Crippen molar-refractivity contribution in [3.63, 3.8) is 0 Å². The fraction of sp³-hybridized carbons (Fsp3) is 0.667. The van der Waals surface area contributed by atoms with Gasteiger partial charge < -0.3 is 16.4 Å². The van der Waals surface area contributed by atoms with Gasteiger partial charge in [0.25, 0.3) is 5.91 Å². The molecular weight excluding hydrogens is 270 g/mol. The lowest BCUT2D eigenvalue weighted by atomic mass is 10.0. The highest BCUT2D eigenvalue weighted by Crippen LogP contribution is 2.30. The molecular formula is C15H27N3OS. The molecule has 0 bridgehead atoms. The summed E-state index contributed by atoms with van der Waals surface area (Å²) in [7, 11) is 0. The zero-order valence-electron chi connectivity index (χ0n) is 13.0. The van der Waals surface area contributed by atoms with Crippen LogP contribution in [0.1, 0.15) is 56.6 Å². The van der Waals surface area contributed by atoms with Crippen LogP contribution in [0.2, 0.25) is 0 Å². The van der Waals surface area contributed by atoms with Crippen LogP contribution < -0.4 is 16.4 Å². The maximum Gasteiger partial charge on any atom is 0.263 e. The van der Waals surface area contributed by atoms with Crippen LogP contribution in [0.4, 0.5) is 10.7 Å². The molecule has 0 fully saturated rings. The van der Waals surface area contributed by atoms with Gasteiger partial charge in [0, 0.05) is 12.6 Å². The lowest BCUT2D eigenvalue weighted by Crippen LogP contribution is -2.23. The number of nitrogen functional groups attached to an aromatic ring is 1. The molecule has 0 aliphatic heterocycles. The number of carbonyl (C=O) groups is 1. The number of amides is 1. The van der Waals surface area contributed by atoms with E-state index in [1.54, 1.807) is 0 Å². The number of rotatable bonds is 8. The van der Waals surface area contributed by atoms with Gasteiger partial charge in [-0.3, -0.25) is 4.79 Å². The average Bonchev–Trinajstić information content (AvgIpc) is 2.76. The van der Waals surface area contributed by atoms with Gasteiger partial charge in [-0.2, -0.15) is 0 Å². The molecule has 0 spiro atoms. The second-order valence-electron chi connectivity index (χ2n) is 5.45. The largest absolute Gasteiger partial charge is 0.397 e. The monoisotopic (exact) mass is 297 g/mol. The van der Waals surface area contributed by atoms with Crippen molar-refractivity contribution in [2.75, 3.05) is 17.6 Å². The van der Waals surface area contributed by atoms with E-state index >= 15 is 0 Å². The molecule has 1 amide bonds. The summed E-state index contributed by atoms with van der Waals surface area (Å²) in [6.07, 6.45) is 3.23. The molecule has 0 saturated heterocycles. The number of nitrogens with two attached hydrogens (primary N) is 1. The van der Waals surface area contributed by atoms with Crippen molar-refractivity contribution in [3.05, 3.63) is 10.9 Å². The summed E-state index contributed by atoms with van der Waals surface area (Å²) >= 11 is 1.43. The topological polar surface area (TPSA) is 67.2 Å². The maximum absolute atomic E-state index is 11.9. The Labute approximate surface area is 126 Å². The Kier molecular flexibility index (Phi) is 6.85. The van der Waals surface area contributed by atoms with E-state index in [2.05, 4.69) is 31.4 Å². The molecule has 2 unspecified atom stereocenters. The smallest absolute Gasteiger partial charge is 0.263 e. The lowest BCUT2D eigenvalue weighted by Gasteiger charge is -2.17. The highest BCUT2D eigenvalue weighted by atomic mass is 32.1. The van der Waals surface area contributed by atoms with E-state index < -0.39 is 0 Å². The number of thiophene rings is 1. The second-order valence-corrected chi connectivity index (χ2v) is 6.50. The van der Waals surface area contributed by atoms with Crippen LogP contribution in [0.15, 0.2) is 6.07 Å². The van der Waals surface area contributed by atoms with E-state index in [0.29, 0.717) is 29.1 Å². The summed E-state index contributed by atoms with van der Waals surface area (Å²) < 4.78 is 0. The first kappa shape index (κ1) is 16.8. The molecule has 1 aromatic rings. The van der Waals surface area contributed by atoms with E-state index in [-0.39, 0.29) is 5.91 Å². The van der Waals surface area contributed by atoms with Gasteiger partial charge in [-0.15, -0.1) is 11.3 Å². The third-order valence-corrected chi connectivity index (χ3v) is 4.42. The van der Waals surface area contributed by atoms with Crippen LogP contribution >= 0.6 is 11.3 Å². The van der Waals surface area contributed by atoms with Crippen LogP contribution in [0.5, 0.6) is 0 Å². The predicted octanol–water partition coefficient (Wildman–Crippen LogP) is 3.71. The number of hydrogen-bond acceptors (Lipinski definition) is 4. The van der Waals surface area contributed by atoms with Crippen molar-refractivity contribution in [2.24, 2.45) is 5.92 Å². The second kappa shape index (κ2) is 8.15. The first-order chi connectivity index (χ1) is 9.47. The van der Waals surface area contributed by atoms with Crippen LogP contribution in [0.25, 0.3) is 0 Å². The summed E-state index contributed by atoms with van der Waals surface area (Å²) in [4.78, 5) is 12.5. The van der Waals surface area contributed by atoms with Gasteiger partial charge in [-0.05, 0) is 31.7 Å². The molecule has 1 heterocycles. The summed E-state index contributed by atoms with van der Waals surface area (Å²) in [5, 5.41) is 7.27. The fourth-order valence-electron chi connectivity index (χ4n) is 2.04. The molecule has 5 heteroatoms. The molecule has 1 rings (SSSR count). The molecule has 0 aliphatic carbocycles. The third kappa shape index (κ3) is 5.04. The van der Waals surface area contributed by atoms with Crippen LogP contribution in [-0.4, -0.2) is 18.5 Å². The van der Waals surface area contributed by atoms with Crippen LogP contribution in [-0.2, 0) is 0 Å². The van der Waals surface area contributed by atoms with Crippen molar-refractivity contribution in [3.8, 4) is 0 Å². The molecule has 0 saturated carbocycles. The SMILES string of the molecule is CCCNC(=O)c1sc(NC(C)CC(C)CC)cc1N. The van der Waals surface area contributed by atoms with Gasteiger partial charge in [0.1, 0.15) is 4.88 Å². The summed E-state index contributed by atoms with van der Waals surface area (Å²) in [5.41, 5.74) is 6.48. The standard InChI is InChI=1S/C15H27N3OS/c1-5-7-17-15(19)14-12(16)9-13(20-14)18-11(4)8-10(3)6-2/h9-11,18H,5-8,16H2,1-4H3,(H,17,19). The average molecular weight is 297 g/mol. The Balaban J connectivity index is 2.62. The number of anilines is 2. The fourth-order valence-corrected chi connectivity index (χ4v) is 3.05. The van der Waals surface area contributed by atoms with Gasteiger partial charge in [0.2, 0.25) is 0 Å². The molecule has 0 aromatic carbocycles. The minimum absolute atomic E-state index is 0.0722. The van der Waals surface area contributed by atoms with Crippen molar-refractivity contribution in [1.29, 1.82) is 0 Å². The normalized spacial score (nSPS) is 13.8. The Morgan fingerprint density at radius 1 is 1.40 bits per heavy atom. The Morgan fingerprint density at radius 3 is 2.70 bits per heavy atom. The van der Waals surface area contributed by atoms with Gasteiger partial charge >= 0.3 is 0 Å². The minimum atomic E-state index is -0.0722. The Bertz CT molecular complexity index is 431. The number of carbonyl (C=O) groups excluding carboxylic acids is 1. The van der Waals surface area contributed by atoms with Crippen LogP contribution in [0, 0.1) is 5.92 Å². The van der Waals surface area contributed by atoms with Gasteiger partial charge in [-0.1, -0.05) is 27.2 Å². The number of hydrogen-bond donors (Lipinski definition) is 3. The molecule has 0 radical (unpaired) electrons. The van der Waals surface area contributed by atoms with E-state index in [4.69, 9.17) is 5.73 Å². The van der Waals surface area contributed by atoms with Crippen molar-refractivity contribution >= 4 is 27.9 Å². The van der Waals surface area contributed by atoms with E-state index in [1.807, 2.05) is 13.0 Å². The van der Waals surface area contributed by atoms with Gasteiger partial charge in [0.15, 0.2) is 0 Å². The van der Waals surface area contributed by atoms with E-state index in [1.165, 1.54) is 17.8 Å². The summed E-state index contributed by atoms with van der Waals surface area (Å²) in [6, 6.07) is 2.24. The first-order valence-electron chi connectivity index (χ1n) is 7.41. The summed E-state index contributed by atoms with van der Waals surface area (Å²) in [6.45, 7) is 9.34. The molecule has 4 nitrogen and oxygen atoms in total. The molecule has 114 valence electrons. The zero-order valence-corrected chi connectivity index (χ0v) is 13.8. The molecule has 4 N–H and O–H groups in total. The maximum atomic E-state index is 11.9. The lowest BCUT2D eigenvalue weighted by molar-refractivity contribution is 0.0958. The quantitative estimate of drug-likeness (QED) is 0.685. The molecule has 20 heavy (non-hydrogen) atoms. The molecule has 0 aliphatic rings. The van der Waals surface area contributed by atoms with Gasteiger partial charge in [0.05, 0.1) is 10.7 Å². The number of nitrogens with one attached hydrogen (secondary N) is 2. The highest BCUT2D eigenvalue weighted by Gasteiger charge is 2.15. The van der Waals surface area contributed by atoms with Crippen molar-refractivity contribution in [2.45, 2.75) is 53.0 Å². The van der Waals surface area contributed by atoms with Crippen molar-refractivity contribution < 1.29 is 4.79 Å². The summed E-state index contributed by atoms with van der Waals surface area (Å²) in [5.74, 6) is 0.624. The van der Waals surface area contributed by atoms with E-state index in [0.717, 1.165) is 17.8 Å². The predicted molar refractivity (Wildman–Crippen MR) is 88.5 cm³/mol. The Hall–Kier alpha value is -1.23. The first-order valence-corrected chi connectivity index (χ1v) is 8.23. The minimum Gasteiger partial charge on any atom is -0.397 e. The van der Waals surface area contributed by atoms with Crippen molar-refractivity contribution in [1.82, 2.24) is 5.32 Å². The molecule has 1 aromatic heterocycles. The van der Waals surface area contributed by atoms with Crippen LogP contribution in [0.3, 0.4) is 0 Å². The molecule has 2 atom stereocenters. The third-order valence-electron chi connectivity index (χ3n) is 3.34. The zero-order chi connectivity index (χ0) is 15.1. The Morgan fingerprint density at radius 2 is 2.10 bits per heavy atom. The highest BCUT2D eigenvalue weighted by molar-refractivity contribution is 7.18.